The van der Waals surface area contributed by atoms with Crippen LogP contribution in [0, 0.1) is 6.92 Å². The van der Waals surface area contributed by atoms with Crippen LogP contribution < -0.4 is 0 Å². The molecule has 25 heavy (non-hydrogen) atoms. The van der Waals surface area contributed by atoms with Crippen LogP contribution in [-0.4, -0.2) is 24.8 Å². The number of aryl methyl sites for hydroxylation is 1. The first-order valence-electron chi connectivity index (χ1n) is 7.25. The number of alkyl halides is 3. The Bertz CT molecular complexity index is 1050. The van der Waals surface area contributed by atoms with Gasteiger partial charge in [-0.15, -0.1) is 20.4 Å². The number of halogens is 3. The molecule has 0 aliphatic carbocycles. The van der Waals surface area contributed by atoms with E-state index in [2.05, 4.69) is 20.4 Å². The highest BCUT2D eigenvalue weighted by atomic mass is 19.4. The molecular weight excluding hydrogens is 335 g/mol. The van der Waals surface area contributed by atoms with E-state index in [9.17, 15) is 13.2 Å². The lowest BCUT2D eigenvalue weighted by Gasteiger charge is -2.07. The van der Waals surface area contributed by atoms with Gasteiger partial charge in [0.25, 0.3) is 0 Å². The molecule has 9 heteroatoms. The lowest BCUT2D eigenvalue weighted by molar-refractivity contribution is -0.145. The summed E-state index contributed by atoms with van der Waals surface area (Å²) in [5, 5.41) is 14.5. The van der Waals surface area contributed by atoms with Gasteiger partial charge in [0.1, 0.15) is 0 Å². The molecule has 0 saturated heterocycles. The molecule has 0 saturated carbocycles. The van der Waals surface area contributed by atoms with Gasteiger partial charge in [-0.1, -0.05) is 12.1 Å². The summed E-state index contributed by atoms with van der Waals surface area (Å²) in [6, 6.07) is 10.3. The highest BCUT2D eigenvalue weighted by Gasteiger charge is 2.36. The largest absolute Gasteiger partial charge is 0.452 e. The quantitative estimate of drug-likeness (QED) is 0.553. The Morgan fingerprint density at radius 1 is 0.840 bits per heavy atom. The predicted octanol–water partition coefficient (Wildman–Crippen LogP) is 3.77. The molecule has 0 aliphatic heterocycles. The minimum Gasteiger partial charge on any atom is -0.421 e. The minimum atomic E-state index is -4.57. The highest BCUT2D eigenvalue weighted by molar-refractivity contribution is 5.68. The van der Waals surface area contributed by atoms with Gasteiger partial charge in [-0.25, -0.2) is 0 Å². The Kier molecular flexibility index (Phi) is 3.31. The van der Waals surface area contributed by atoms with E-state index in [0.717, 1.165) is 15.5 Å². The molecule has 0 spiro atoms. The summed E-state index contributed by atoms with van der Waals surface area (Å²) in [5.74, 6) is -0.211. The Hall–Kier alpha value is -3.23. The highest BCUT2D eigenvalue weighted by Crippen LogP contribution is 2.30. The summed E-state index contributed by atoms with van der Waals surface area (Å²) in [5.41, 5.74) is 2.20. The Balaban J connectivity index is 1.74. The first-order chi connectivity index (χ1) is 11.9. The van der Waals surface area contributed by atoms with Crippen LogP contribution in [0.4, 0.5) is 13.2 Å². The van der Waals surface area contributed by atoms with E-state index < -0.39 is 12.0 Å². The lowest BCUT2D eigenvalue weighted by Crippen LogP contribution is -2.10. The van der Waals surface area contributed by atoms with Crippen LogP contribution in [0.25, 0.3) is 28.2 Å². The third-order valence-corrected chi connectivity index (χ3v) is 3.65. The number of pyridine rings is 1. The minimum absolute atomic E-state index is 0.133. The van der Waals surface area contributed by atoms with Gasteiger partial charge < -0.3 is 4.42 Å². The number of aromatic nitrogens is 5. The van der Waals surface area contributed by atoms with E-state index >= 15 is 0 Å². The molecule has 0 fully saturated rings. The fraction of sp³-hybridized carbons (Fsp3) is 0.125. The van der Waals surface area contributed by atoms with Crippen molar-refractivity contribution in [1.82, 2.24) is 24.8 Å². The second-order valence-electron chi connectivity index (χ2n) is 5.37. The second-order valence-corrected chi connectivity index (χ2v) is 5.37. The molecule has 3 heterocycles. The smallest absolute Gasteiger partial charge is 0.421 e. The van der Waals surface area contributed by atoms with Gasteiger partial charge in [0.15, 0.2) is 5.65 Å². The van der Waals surface area contributed by atoms with Crippen molar-refractivity contribution in [2.75, 3.05) is 0 Å². The average molecular weight is 345 g/mol. The third-order valence-electron chi connectivity index (χ3n) is 3.65. The van der Waals surface area contributed by atoms with Crippen molar-refractivity contribution in [3.05, 3.63) is 54.3 Å². The topological polar surface area (TPSA) is 69.1 Å². The van der Waals surface area contributed by atoms with Gasteiger partial charge in [0.05, 0.1) is 0 Å². The molecule has 3 aromatic heterocycles. The SMILES string of the molecule is Cc1nnc(-c2ccc(-c3ccc4nnc(C(F)(F)F)n4c3)cc2)o1. The zero-order valence-electron chi connectivity index (χ0n) is 12.8. The van der Waals surface area contributed by atoms with E-state index in [-0.39, 0.29) is 5.65 Å². The first-order valence-corrected chi connectivity index (χ1v) is 7.25. The molecule has 6 nitrogen and oxygen atoms in total. The van der Waals surface area contributed by atoms with Crippen LogP contribution in [0.3, 0.4) is 0 Å². The molecule has 0 atom stereocenters. The number of fused-ring (bicyclic) bond motifs is 1. The fourth-order valence-electron chi connectivity index (χ4n) is 2.47. The van der Waals surface area contributed by atoms with E-state index in [1.54, 1.807) is 37.3 Å². The van der Waals surface area contributed by atoms with Crippen molar-refractivity contribution < 1.29 is 17.6 Å². The van der Waals surface area contributed by atoms with Crippen molar-refractivity contribution in [2.24, 2.45) is 0 Å². The van der Waals surface area contributed by atoms with Crippen molar-refractivity contribution in [2.45, 2.75) is 13.1 Å². The number of hydrogen-bond donors (Lipinski definition) is 0. The first kappa shape index (κ1) is 15.3. The van der Waals surface area contributed by atoms with Crippen LogP contribution in [0.5, 0.6) is 0 Å². The molecule has 0 radical (unpaired) electrons. The van der Waals surface area contributed by atoms with Crippen molar-refractivity contribution in [3.63, 3.8) is 0 Å². The van der Waals surface area contributed by atoms with Gasteiger partial charge in [-0.05, 0) is 35.4 Å². The van der Waals surface area contributed by atoms with Gasteiger partial charge in [-0.3, -0.25) is 4.40 Å². The van der Waals surface area contributed by atoms with E-state index in [1.807, 2.05) is 0 Å². The Labute approximate surface area is 139 Å². The summed E-state index contributed by atoms with van der Waals surface area (Å²) in [6.45, 7) is 1.69. The van der Waals surface area contributed by atoms with Gasteiger partial charge in [0.2, 0.25) is 17.6 Å². The van der Waals surface area contributed by atoms with Crippen molar-refractivity contribution >= 4 is 5.65 Å². The van der Waals surface area contributed by atoms with Crippen molar-refractivity contribution in [1.29, 1.82) is 0 Å². The summed E-state index contributed by atoms with van der Waals surface area (Å²) in [7, 11) is 0. The monoisotopic (exact) mass is 345 g/mol. The van der Waals surface area contributed by atoms with Crippen LogP contribution >= 0.6 is 0 Å². The van der Waals surface area contributed by atoms with E-state index in [0.29, 0.717) is 17.3 Å². The van der Waals surface area contributed by atoms with Gasteiger partial charge >= 0.3 is 6.18 Å². The molecule has 0 unspecified atom stereocenters. The van der Waals surface area contributed by atoms with Gasteiger partial charge in [0, 0.05) is 18.7 Å². The van der Waals surface area contributed by atoms with Crippen LogP contribution in [0.2, 0.25) is 0 Å². The average Bonchev–Trinajstić information content (AvgIpc) is 3.20. The third kappa shape index (κ3) is 2.73. The normalized spacial score (nSPS) is 12.0. The summed E-state index contributed by atoms with van der Waals surface area (Å²) in [4.78, 5) is 0. The van der Waals surface area contributed by atoms with E-state index in [4.69, 9.17) is 4.42 Å². The molecule has 0 amide bonds. The second kappa shape index (κ2) is 5.40. The summed E-state index contributed by atoms with van der Waals surface area (Å²) >= 11 is 0. The zero-order valence-corrected chi connectivity index (χ0v) is 12.8. The fourth-order valence-corrected chi connectivity index (χ4v) is 2.47. The number of hydrogen-bond acceptors (Lipinski definition) is 5. The molecule has 1 aromatic carbocycles. The molecular formula is C16H10F3N5O. The number of benzene rings is 1. The van der Waals surface area contributed by atoms with Crippen LogP contribution in [0.15, 0.2) is 47.0 Å². The van der Waals surface area contributed by atoms with Gasteiger partial charge in [-0.2, -0.15) is 13.2 Å². The van der Waals surface area contributed by atoms with E-state index in [1.165, 1.54) is 12.3 Å². The maximum atomic E-state index is 13.0. The zero-order chi connectivity index (χ0) is 17.6. The Morgan fingerprint density at radius 3 is 2.16 bits per heavy atom. The predicted molar refractivity (Wildman–Crippen MR) is 81.5 cm³/mol. The summed E-state index contributed by atoms with van der Waals surface area (Å²) in [6.07, 6.45) is -3.21. The molecule has 4 aromatic rings. The Morgan fingerprint density at radius 2 is 1.52 bits per heavy atom. The number of nitrogens with zero attached hydrogens (tertiary/aromatic N) is 5. The maximum Gasteiger partial charge on any atom is 0.452 e. The maximum absolute atomic E-state index is 13.0. The summed E-state index contributed by atoms with van der Waals surface area (Å²) < 4.78 is 45.2. The molecule has 126 valence electrons. The standard InChI is InChI=1S/C16H10F3N5O/c1-9-20-22-14(25-9)11-4-2-10(3-5-11)12-6-7-13-21-23-15(16(17,18)19)24(13)8-12/h2-8H,1H3. The number of rotatable bonds is 2. The molecule has 0 aliphatic rings. The lowest BCUT2D eigenvalue weighted by atomic mass is 10.1. The molecule has 0 bridgehead atoms. The van der Waals surface area contributed by atoms with Crippen LogP contribution in [0.1, 0.15) is 11.7 Å². The molecule has 4 rings (SSSR count). The van der Waals surface area contributed by atoms with Crippen LogP contribution in [-0.2, 0) is 6.18 Å². The molecule has 0 N–H and O–H groups in total. The van der Waals surface area contributed by atoms with Crippen molar-refractivity contribution in [3.8, 4) is 22.6 Å².